The lowest BCUT2D eigenvalue weighted by Crippen LogP contribution is -2.42. The van der Waals surface area contributed by atoms with Crippen molar-refractivity contribution in [1.29, 1.82) is 0 Å². The minimum Gasteiger partial charge on any atom is -0.367 e. The fraction of sp³-hybridized carbons (Fsp3) is 0.438. The van der Waals surface area contributed by atoms with E-state index in [-0.39, 0.29) is 0 Å². The van der Waals surface area contributed by atoms with Crippen molar-refractivity contribution < 1.29 is 0 Å². The van der Waals surface area contributed by atoms with E-state index in [0.29, 0.717) is 12.1 Å². The molecule has 2 aromatic rings. The summed E-state index contributed by atoms with van der Waals surface area (Å²) in [6.07, 6.45) is 4.26. The summed E-state index contributed by atoms with van der Waals surface area (Å²) >= 11 is 0. The molecule has 0 bridgehead atoms. The Morgan fingerprint density at radius 1 is 1.26 bits per heavy atom. The molecule has 2 unspecified atom stereocenters. The molecule has 1 aromatic carbocycles. The quantitative estimate of drug-likeness (QED) is 0.893. The molecule has 1 aliphatic heterocycles. The molecule has 1 aliphatic rings. The normalized spacial score (nSPS) is 24.5. The number of likely N-dealkylation sites (tertiary alicyclic amines) is 1. The topological polar surface area (TPSA) is 28.2 Å². The predicted octanol–water partition coefficient (Wildman–Crippen LogP) is 3.13. The second-order valence-electron chi connectivity index (χ2n) is 5.58. The first kappa shape index (κ1) is 12.4. The van der Waals surface area contributed by atoms with Crippen molar-refractivity contribution in [3.05, 3.63) is 36.5 Å². The Balaban J connectivity index is 1.82. The van der Waals surface area contributed by atoms with E-state index >= 15 is 0 Å². The van der Waals surface area contributed by atoms with Crippen molar-refractivity contribution in [1.82, 2.24) is 9.88 Å². The molecule has 1 fully saturated rings. The minimum atomic E-state index is 0.532. The van der Waals surface area contributed by atoms with E-state index in [1.807, 2.05) is 6.20 Å². The molecule has 2 heterocycles. The molecule has 0 radical (unpaired) electrons. The molecule has 2 atom stereocenters. The number of rotatable bonds is 2. The van der Waals surface area contributed by atoms with Gasteiger partial charge >= 0.3 is 0 Å². The van der Waals surface area contributed by atoms with E-state index in [1.54, 1.807) is 0 Å². The van der Waals surface area contributed by atoms with Gasteiger partial charge in [0.15, 0.2) is 0 Å². The zero-order chi connectivity index (χ0) is 13.2. The van der Waals surface area contributed by atoms with E-state index in [0.717, 1.165) is 12.4 Å². The lowest BCUT2D eigenvalue weighted by atomic mass is 9.99. The molecule has 1 aromatic heterocycles. The number of piperidine rings is 1. The van der Waals surface area contributed by atoms with Crippen molar-refractivity contribution >= 4 is 16.6 Å². The van der Waals surface area contributed by atoms with Crippen LogP contribution in [0.2, 0.25) is 0 Å². The van der Waals surface area contributed by atoms with Crippen LogP contribution < -0.4 is 5.32 Å². The smallest absolute Gasteiger partial charge is 0.134 e. The number of benzene rings is 1. The Kier molecular flexibility index (Phi) is 3.38. The first-order valence-corrected chi connectivity index (χ1v) is 7.04. The van der Waals surface area contributed by atoms with Crippen molar-refractivity contribution in [3.8, 4) is 0 Å². The van der Waals surface area contributed by atoms with Gasteiger partial charge in [0.05, 0.1) is 0 Å². The van der Waals surface area contributed by atoms with Crippen LogP contribution in [-0.2, 0) is 0 Å². The average Bonchev–Trinajstić information content (AvgIpc) is 2.43. The first-order chi connectivity index (χ1) is 9.24. The van der Waals surface area contributed by atoms with Gasteiger partial charge in [-0.05, 0) is 38.3 Å². The lowest BCUT2D eigenvalue weighted by Gasteiger charge is -2.35. The number of pyridine rings is 1. The number of nitrogens with one attached hydrogen (secondary N) is 1. The van der Waals surface area contributed by atoms with Gasteiger partial charge in [-0.25, -0.2) is 4.98 Å². The van der Waals surface area contributed by atoms with Crippen LogP contribution in [0.4, 0.5) is 5.82 Å². The summed E-state index contributed by atoms with van der Waals surface area (Å²) in [5.74, 6) is 1.03. The molecule has 3 rings (SSSR count). The third kappa shape index (κ3) is 2.56. The van der Waals surface area contributed by atoms with E-state index in [1.165, 1.54) is 23.6 Å². The second kappa shape index (κ2) is 5.17. The summed E-state index contributed by atoms with van der Waals surface area (Å²) in [4.78, 5) is 6.95. The van der Waals surface area contributed by atoms with Crippen molar-refractivity contribution in [3.63, 3.8) is 0 Å². The van der Waals surface area contributed by atoms with E-state index in [4.69, 9.17) is 0 Å². The first-order valence-electron chi connectivity index (χ1n) is 7.04. The molecule has 3 heteroatoms. The van der Waals surface area contributed by atoms with Gasteiger partial charge in [0.25, 0.3) is 0 Å². The fourth-order valence-electron chi connectivity index (χ4n) is 2.85. The second-order valence-corrected chi connectivity index (χ2v) is 5.58. The summed E-state index contributed by atoms with van der Waals surface area (Å²) < 4.78 is 0. The van der Waals surface area contributed by atoms with Crippen molar-refractivity contribution in [2.75, 3.05) is 18.9 Å². The maximum atomic E-state index is 4.52. The molecular weight excluding hydrogens is 234 g/mol. The maximum absolute atomic E-state index is 4.52. The van der Waals surface area contributed by atoms with Gasteiger partial charge in [-0.1, -0.05) is 24.3 Å². The van der Waals surface area contributed by atoms with E-state index < -0.39 is 0 Å². The molecule has 0 aliphatic carbocycles. The highest BCUT2D eigenvalue weighted by atomic mass is 15.2. The monoisotopic (exact) mass is 255 g/mol. The maximum Gasteiger partial charge on any atom is 0.134 e. The number of anilines is 1. The van der Waals surface area contributed by atoms with Crippen LogP contribution in [0.5, 0.6) is 0 Å². The highest BCUT2D eigenvalue weighted by Crippen LogP contribution is 2.24. The van der Waals surface area contributed by atoms with Gasteiger partial charge < -0.3 is 10.2 Å². The zero-order valence-electron chi connectivity index (χ0n) is 11.6. The molecule has 0 saturated carbocycles. The lowest BCUT2D eigenvalue weighted by molar-refractivity contribution is 0.190. The predicted molar refractivity (Wildman–Crippen MR) is 80.5 cm³/mol. The number of hydrogen-bond donors (Lipinski definition) is 1. The van der Waals surface area contributed by atoms with Gasteiger partial charge in [0.2, 0.25) is 0 Å². The van der Waals surface area contributed by atoms with Gasteiger partial charge in [0, 0.05) is 30.2 Å². The SMILES string of the molecule is CC1CC(Nc2nccc3ccccc23)CCN1C. The van der Waals surface area contributed by atoms with Gasteiger partial charge in [0.1, 0.15) is 5.82 Å². The highest BCUT2D eigenvalue weighted by Gasteiger charge is 2.23. The molecule has 3 nitrogen and oxygen atoms in total. The molecular formula is C16H21N3. The van der Waals surface area contributed by atoms with E-state index in [9.17, 15) is 0 Å². The number of aromatic nitrogens is 1. The largest absolute Gasteiger partial charge is 0.367 e. The fourth-order valence-corrected chi connectivity index (χ4v) is 2.85. The third-order valence-electron chi connectivity index (χ3n) is 4.22. The summed E-state index contributed by atoms with van der Waals surface area (Å²) in [7, 11) is 2.21. The number of nitrogens with zero attached hydrogens (tertiary/aromatic N) is 2. The number of hydrogen-bond acceptors (Lipinski definition) is 3. The van der Waals surface area contributed by atoms with Crippen LogP contribution in [0.3, 0.4) is 0 Å². The Bertz CT molecular complexity index is 561. The van der Waals surface area contributed by atoms with Crippen LogP contribution in [0.15, 0.2) is 36.5 Å². The third-order valence-corrected chi connectivity index (χ3v) is 4.22. The van der Waals surface area contributed by atoms with Gasteiger partial charge in [-0.2, -0.15) is 0 Å². The highest BCUT2D eigenvalue weighted by molar-refractivity contribution is 5.91. The van der Waals surface area contributed by atoms with Crippen molar-refractivity contribution in [2.45, 2.75) is 31.8 Å². The minimum absolute atomic E-state index is 0.532. The van der Waals surface area contributed by atoms with E-state index in [2.05, 4.69) is 59.5 Å². The van der Waals surface area contributed by atoms with Crippen LogP contribution in [0, 0.1) is 0 Å². The molecule has 19 heavy (non-hydrogen) atoms. The standard InChI is InChI=1S/C16H21N3/c1-12-11-14(8-10-19(12)2)18-16-15-6-4-3-5-13(15)7-9-17-16/h3-7,9,12,14H,8,10-11H2,1-2H3,(H,17,18). The van der Waals surface area contributed by atoms with Gasteiger partial charge in [-0.3, -0.25) is 0 Å². The summed E-state index contributed by atoms with van der Waals surface area (Å²) in [5, 5.41) is 6.11. The molecule has 100 valence electrons. The molecule has 1 N–H and O–H groups in total. The Labute approximate surface area is 114 Å². The van der Waals surface area contributed by atoms with Crippen LogP contribution >= 0.6 is 0 Å². The zero-order valence-corrected chi connectivity index (χ0v) is 11.6. The Morgan fingerprint density at radius 3 is 2.95 bits per heavy atom. The van der Waals surface area contributed by atoms with Crippen LogP contribution in [0.1, 0.15) is 19.8 Å². The summed E-state index contributed by atoms with van der Waals surface area (Å²) in [6, 6.07) is 11.7. The summed E-state index contributed by atoms with van der Waals surface area (Å²) in [5.41, 5.74) is 0. The number of fused-ring (bicyclic) bond motifs is 1. The van der Waals surface area contributed by atoms with Crippen LogP contribution in [0.25, 0.3) is 10.8 Å². The van der Waals surface area contributed by atoms with Gasteiger partial charge in [-0.15, -0.1) is 0 Å². The average molecular weight is 255 g/mol. The molecule has 0 spiro atoms. The Hall–Kier alpha value is -1.61. The molecule has 0 amide bonds. The Morgan fingerprint density at radius 2 is 2.11 bits per heavy atom. The van der Waals surface area contributed by atoms with Crippen molar-refractivity contribution in [2.24, 2.45) is 0 Å². The van der Waals surface area contributed by atoms with Crippen LogP contribution in [-0.4, -0.2) is 35.6 Å². The summed E-state index contributed by atoms with van der Waals surface area (Å²) in [6.45, 7) is 3.45. The molecule has 1 saturated heterocycles.